The quantitative estimate of drug-likeness (QED) is 0.817. The maximum Gasteiger partial charge on any atom is 0.128 e. The van der Waals surface area contributed by atoms with E-state index < -0.39 is 0 Å². The summed E-state index contributed by atoms with van der Waals surface area (Å²) < 4.78 is 0. The minimum atomic E-state index is 0.915. The molecular weight excluding hydrogens is 186 g/mol. The normalized spacial score (nSPS) is 15.1. The molecule has 0 amide bonds. The number of hydrogen-bond donors (Lipinski definition) is 1. The monoisotopic (exact) mass is 205 g/mol. The highest BCUT2D eigenvalue weighted by Gasteiger charge is 2.14. The zero-order valence-electron chi connectivity index (χ0n) is 9.64. The summed E-state index contributed by atoms with van der Waals surface area (Å²) in [5, 5.41) is 3.36. The molecule has 0 atom stereocenters. The van der Waals surface area contributed by atoms with Crippen LogP contribution >= 0.6 is 0 Å². The average Bonchev–Trinajstić information content (AvgIpc) is 2.26. The van der Waals surface area contributed by atoms with Gasteiger partial charge < -0.3 is 5.32 Å². The van der Waals surface area contributed by atoms with E-state index in [0.29, 0.717) is 0 Å². The van der Waals surface area contributed by atoms with Gasteiger partial charge in [-0.2, -0.15) is 0 Å². The maximum absolute atomic E-state index is 4.64. The Morgan fingerprint density at radius 2 is 2.20 bits per heavy atom. The molecule has 2 heterocycles. The number of hydrogen-bond acceptors (Lipinski definition) is 3. The van der Waals surface area contributed by atoms with Gasteiger partial charge >= 0.3 is 0 Å². The first-order chi connectivity index (χ1) is 7.31. The molecule has 1 aliphatic heterocycles. The maximum atomic E-state index is 4.64. The van der Waals surface area contributed by atoms with Gasteiger partial charge in [0.2, 0.25) is 0 Å². The van der Waals surface area contributed by atoms with Crippen LogP contribution in [0.2, 0.25) is 0 Å². The molecule has 0 unspecified atom stereocenters. The zero-order valence-corrected chi connectivity index (χ0v) is 9.64. The van der Waals surface area contributed by atoms with Gasteiger partial charge in [-0.1, -0.05) is 13.3 Å². The molecule has 1 aromatic heterocycles. The summed E-state index contributed by atoms with van der Waals surface area (Å²) in [6.07, 6.45) is 4.49. The zero-order chi connectivity index (χ0) is 10.7. The summed E-state index contributed by atoms with van der Waals surface area (Å²) in [6.45, 7) is 6.29. The van der Waals surface area contributed by atoms with Gasteiger partial charge in [-0.25, -0.2) is 9.97 Å². The summed E-state index contributed by atoms with van der Waals surface area (Å²) in [5.41, 5.74) is 3.78. The molecule has 15 heavy (non-hydrogen) atoms. The summed E-state index contributed by atoms with van der Waals surface area (Å²) in [6, 6.07) is 0. The van der Waals surface area contributed by atoms with Gasteiger partial charge in [-0.3, -0.25) is 0 Å². The van der Waals surface area contributed by atoms with E-state index >= 15 is 0 Å². The van der Waals surface area contributed by atoms with Crippen molar-refractivity contribution in [3.05, 3.63) is 22.8 Å². The van der Waals surface area contributed by atoms with Crippen molar-refractivity contribution in [3.63, 3.8) is 0 Å². The molecular formula is C12H19N3. The summed E-state index contributed by atoms with van der Waals surface area (Å²) in [4.78, 5) is 9.22. The van der Waals surface area contributed by atoms with Crippen LogP contribution in [0.3, 0.4) is 0 Å². The van der Waals surface area contributed by atoms with Gasteiger partial charge in [0.15, 0.2) is 0 Å². The number of rotatable bonds is 3. The number of nitrogens with one attached hydrogen (secondary N) is 1. The third kappa shape index (κ3) is 2.34. The van der Waals surface area contributed by atoms with E-state index in [1.807, 2.05) is 0 Å². The van der Waals surface area contributed by atoms with Crippen molar-refractivity contribution in [1.29, 1.82) is 0 Å². The Labute approximate surface area is 91.3 Å². The minimum absolute atomic E-state index is 0.915. The number of unbranched alkanes of at least 4 members (excludes halogenated alkanes) is 1. The Hall–Kier alpha value is -0.960. The van der Waals surface area contributed by atoms with Gasteiger partial charge in [0.1, 0.15) is 5.82 Å². The van der Waals surface area contributed by atoms with E-state index in [9.17, 15) is 0 Å². The van der Waals surface area contributed by atoms with E-state index in [-0.39, 0.29) is 0 Å². The Bertz CT molecular complexity index is 347. The molecule has 0 bridgehead atoms. The van der Waals surface area contributed by atoms with Crippen molar-refractivity contribution in [2.45, 2.75) is 46.1 Å². The van der Waals surface area contributed by atoms with Crippen molar-refractivity contribution in [2.75, 3.05) is 6.54 Å². The number of aryl methyl sites for hydroxylation is 2. The molecule has 0 aliphatic carbocycles. The summed E-state index contributed by atoms with van der Waals surface area (Å²) in [5.74, 6) is 1.02. The van der Waals surface area contributed by atoms with Crippen molar-refractivity contribution < 1.29 is 0 Å². The van der Waals surface area contributed by atoms with Gasteiger partial charge in [-0.15, -0.1) is 0 Å². The van der Waals surface area contributed by atoms with Crippen LogP contribution in [0.5, 0.6) is 0 Å². The summed E-state index contributed by atoms with van der Waals surface area (Å²) in [7, 11) is 0. The van der Waals surface area contributed by atoms with Crippen LogP contribution in [0.1, 0.15) is 42.5 Å². The van der Waals surface area contributed by atoms with Gasteiger partial charge in [0.05, 0.1) is 5.69 Å². The molecule has 0 spiro atoms. The molecule has 2 rings (SSSR count). The van der Waals surface area contributed by atoms with Crippen LogP contribution in [0.4, 0.5) is 0 Å². The van der Waals surface area contributed by atoms with Crippen LogP contribution in [0.25, 0.3) is 0 Å². The second-order valence-electron chi connectivity index (χ2n) is 4.18. The molecule has 82 valence electrons. The molecule has 0 saturated carbocycles. The molecule has 1 N–H and O–H groups in total. The number of nitrogens with zero attached hydrogens (tertiary/aromatic N) is 2. The van der Waals surface area contributed by atoms with E-state index in [0.717, 1.165) is 31.8 Å². The minimum Gasteiger partial charge on any atom is -0.311 e. The SMILES string of the molecule is CCCCc1nc(C)c2c(n1)CNCC2. The second-order valence-corrected chi connectivity index (χ2v) is 4.18. The van der Waals surface area contributed by atoms with Crippen LogP contribution in [0.15, 0.2) is 0 Å². The summed E-state index contributed by atoms with van der Waals surface area (Å²) >= 11 is 0. The molecule has 0 saturated heterocycles. The fraction of sp³-hybridized carbons (Fsp3) is 0.667. The predicted molar refractivity (Wildman–Crippen MR) is 60.8 cm³/mol. The highest BCUT2D eigenvalue weighted by Crippen LogP contribution is 2.15. The highest BCUT2D eigenvalue weighted by atomic mass is 15.0. The molecule has 3 heteroatoms. The van der Waals surface area contributed by atoms with Crippen LogP contribution in [0, 0.1) is 6.92 Å². The van der Waals surface area contributed by atoms with E-state index in [2.05, 4.69) is 29.1 Å². The van der Waals surface area contributed by atoms with Crippen molar-refractivity contribution in [3.8, 4) is 0 Å². The molecule has 0 aromatic carbocycles. The van der Waals surface area contributed by atoms with E-state index in [1.165, 1.54) is 29.8 Å². The van der Waals surface area contributed by atoms with Crippen LogP contribution in [-0.2, 0) is 19.4 Å². The van der Waals surface area contributed by atoms with E-state index in [4.69, 9.17) is 0 Å². The molecule has 0 radical (unpaired) electrons. The lowest BCUT2D eigenvalue weighted by Gasteiger charge is -2.18. The predicted octanol–water partition coefficient (Wildman–Crippen LogP) is 1.77. The Morgan fingerprint density at radius 3 is 3.00 bits per heavy atom. The second kappa shape index (κ2) is 4.71. The third-order valence-corrected chi connectivity index (χ3v) is 2.94. The largest absolute Gasteiger partial charge is 0.311 e. The van der Waals surface area contributed by atoms with Crippen molar-refractivity contribution in [1.82, 2.24) is 15.3 Å². The fourth-order valence-electron chi connectivity index (χ4n) is 2.06. The number of aromatic nitrogens is 2. The molecule has 1 aromatic rings. The Morgan fingerprint density at radius 1 is 1.33 bits per heavy atom. The smallest absolute Gasteiger partial charge is 0.128 e. The lowest BCUT2D eigenvalue weighted by atomic mass is 10.0. The number of fused-ring (bicyclic) bond motifs is 1. The standard InChI is InChI=1S/C12H19N3/c1-3-4-5-12-14-9(2)10-6-7-13-8-11(10)15-12/h13H,3-8H2,1-2H3. The van der Waals surface area contributed by atoms with Gasteiger partial charge in [0.25, 0.3) is 0 Å². The average molecular weight is 205 g/mol. The molecule has 1 aliphatic rings. The van der Waals surface area contributed by atoms with Crippen LogP contribution in [-0.4, -0.2) is 16.5 Å². The Balaban J connectivity index is 2.24. The molecule has 0 fully saturated rings. The van der Waals surface area contributed by atoms with Crippen molar-refractivity contribution in [2.24, 2.45) is 0 Å². The first-order valence-electron chi connectivity index (χ1n) is 5.87. The first kappa shape index (κ1) is 10.6. The van der Waals surface area contributed by atoms with Gasteiger partial charge in [-0.05, 0) is 31.9 Å². The third-order valence-electron chi connectivity index (χ3n) is 2.94. The lowest BCUT2D eigenvalue weighted by molar-refractivity contribution is 0.608. The van der Waals surface area contributed by atoms with Gasteiger partial charge in [0, 0.05) is 18.7 Å². The lowest BCUT2D eigenvalue weighted by Crippen LogP contribution is -2.26. The fourth-order valence-corrected chi connectivity index (χ4v) is 2.06. The Kier molecular flexibility index (Phi) is 3.31. The van der Waals surface area contributed by atoms with Crippen LogP contribution < -0.4 is 5.32 Å². The van der Waals surface area contributed by atoms with E-state index in [1.54, 1.807) is 0 Å². The highest BCUT2D eigenvalue weighted by molar-refractivity contribution is 5.27. The van der Waals surface area contributed by atoms with Crippen molar-refractivity contribution >= 4 is 0 Å². The molecule has 3 nitrogen and oxygen atoms in total. The topological polar surface area (TPSA) is 37.8 Å². The first-order valence-corrected chi connectivity index (χ1v) is 5.87.